The van der Waals surface area contributed by atoms with Gasteiger partial charge in [-0.1, -0.05) is 0 Å². The Bertz CT molecular complexity index is 201. The van der Waals surface area contributed by atoms with Gasteiger partial charge in [0.1, 0.15) is 0 Å². The lowest BCUT2D eigenvalue weighted by Crippen LogP contribution is -2.28. The summed E-state index contributed by atoms with van der Waals surface area (Å²) in [6.45, 7) is 3.92. The number of unbranched alkanes of at least 4 members (excludes halogenated alkanes) is 1. The van der Waals surface area contributed by atoms with Gasteiger partial charge >= 0.3 is 6.18 Å². The van der Waals surface area contributed by atoms with Gasteiger partial charge in [0.05, 0.1) is 0 Å². The third kappa shape index (κ3) is 8.75. The molecule has 0 unspecified atom stereocenters. The molecule has 1 rings (SSSR count). The van der Waals surface area contributed by atoms with Crippen LogP contribution in [-0.4, -0.2) is 32.4 Å². The largest absolute Gasteiger partial charge is 0.389 e. The molecule has 0 aromatic carbocycles. The van der Waals surface area contributed by atoms with Crippen LogP contribution in [0.5, 0.6) is 0 Å². The number of halogens is 3. The Labute approximate surface area is 108 Å². The van der Waals surface area contributed by atoms with Gasteiger partial charge in [-0.05, 0) is 70.6 Å². The molecule has 0 atom stereocenters. The second-order valence-electron chi connectivity index (χ2n) is 5.16. The van der Waals surface area contributed by atoms with Crippen LogP contribution >= 0.6 is 0 Å². The van der Waals surface area contributed by atoms with E-state index < -0.39 is 12.6 Å². The van der Waals surface area contributed by atoms with Gasteiger partial charge < -0.3 is 10.6 Å². The molecule has 0 radical (unpaired) electrons. The Hall–Kier alpha value is -0.290. The molecule has 1 aliphatic rings. The molecule has 0 amide bonds. The molecule has 18 heavy (non-hydrogen) atoms. The number of hydrogen-bond acceptors (Lipinski definition) is 2. The molecule has 0 aliphatic carbocycles. The minimum Gasteiger partial charge on any atom is -0.317 e. The summed E-state index contributed by atoms with van der Waals surface area (Å²) >= 11 is 0. The fourth-order valence-corrected chi connectivity index (χ4v) is 2.39. The second kappa shape index (κ2) is 8.75. The highest BCUT2D eigenvalue weighted by Crippen LogP contribution is 2.21. The van der Waals surface area contributed by atoms with E-state index in [1.165, 1.54) is 19.3 Å². The fourth-order valence-electron chi connectivity index (χ4n) is 2.39. The van der Waals surface area contributed by atoms with Crippen molar-refractivity contribution in [1.82, 2.24) is 10.6 Å². The summed E-state index contributed by atoms with van der Waals surface area (Å²) in [5.41, 5.74) is 0. The van der Waals surface area contributed by atoms with E-state index >= 15 is 0 Å². The molecule has 1 fully saturated rings. The highest BCUT2D eigenvalue weighted by atomic mass is 19.4. The van der Waals surface area contributed by atoms with Crippen molar-refractivity contribution >= 4 is 0 Å². The molecule has 0 bridgehead atoms. The first-order valence-electron chi connectivity index (χ1n) is 7.06. The van der Waals surface area contributed by atoms with Gasteiger partial charge in [0.25, 0.3) is 0 Å². The summed E-state index contributed by atoms with van der Waals surface area (Å²) < 4.78 is 35.6. The molecular formula is C13H25F3N2. The summed E-state index contributed by atoms with van der Waals surface area (Å²) in [7, 11) is 0. The quantitative estimate of drug-likeness (QED) is 0.660. The van der Waals surface area contributed by atoms with E-state index in [2.05, 4.69) is 10.6 Å². The van der Waals surface area contributed by atoms with Crippen LogP contribution in [0.4, 0.5) is 13.2 Å². The summed E-state index contributed by atoms with van der Waals surface area (Å²) in [6, 6.07) is 0. The van der Waals surface area contributed by atoms with Crippen molar-refractivity contribution in [3.8, 4) is 0 Å². The Kier molecular flexibility index (Phi) is 7.66. The summed E-state index contributed by atoms with van der Waals surface area (Å²) in [4.78, 5) is 0. The number of nitrogens with one attached hydrogen (secondary N) is 2. The minimum absolute atomic E-state index is 0.241. The summed E-state index contributed by atoms with van der Waals surface area (Å²) in [6.07, 6.45) is 1.15. The smallest absolute Gasteiger partial charge is 0.317 e. The van der Waals surface area contributed by atoms with Crippen LogP contribution in [0.25, 0.3) is 0 Å². The average Bonchev–Trinajstić information content (AvgIpc) is 2.32. The SMILES string of the molecule is FC(F)(F)CCCCNCCCC1CCNCC1. The van der Waals surface area contributed by atoms with E-state index in [1.807, 2.05) is 0 Å². The third-order valence-corrected chi connectivity index (χ3v) is 3.49. The lowest BCUT2D eigenvalue weighted by atomic mass is 9.93. The molecule has 1 aliphatic heterocycles. The van der Waals surface area contributed by atoms with Crippen molar-refractivity contribution < 1.29 is 13.2 Å². The van der Waals surface area contributed by atoms with Crippen molar-refractivity contribution in [2.45, 2.75) is 51.1 Å². The summed E-state index contributed by atoms with van der Waals surface area (Å²) in [5, 5.41) is 6.57. The lowest BCUT2D eigenvalue weighted by Gasteiger charge is -2.22. The Balaban J connectivity index is 1.81. The molecule has 0 aromatic rings. The van der Waals surface area contributed by atoms with Crippen LogP contribution in [0.1, 0.15) is 44.9 Å². The van der Waals surface area contributed by atoms with Crippen LogP contribution in [-0.2, 0) is 0 Å². The number of alkyl halides is 3. The molecule has 1 heterocycles. The van der Waals surface area contributed by atoms with Gasteiger partial charge in [-0.25, -0.2) is 0 Å². The van der Waals surface area contributed by atoms with Crippen LogP contribution in [0.15, 0.2) is 0 Å². The molecule has 0 saturated carbocycles. The molecular weight excluding hydrogens is 241 g/mol. The maximum atomic E-state index is 11.9. The van der Waals surface area contributed by atoms with E-state index in [1.54, 1.807) is 0 Å². The van der Waals surface area contributed by atoms with Gasteiger partial charge in [0.2, 0.25) is 0 Å². The van der Waals surface area contributed by atoms with Crippen LogP contribution < -0.4 is 10.6 Å². The Morgan fingerprint density at radius 2 is 1.67 bits per heavy atom. The van der Waals surface area contributed by atoms with E-state index in [0.29, 0.717) is 13.0 Å². The monoisotopic (exact) mass is 266 g/mol. The van der Waals surface area contributed by atoms with Crippen LogP contribution in [0.3, 0.4) is 0 Å². The fraction of sp³-hybridized carbons (Fsp3) is 1.00. The van der Waals surface area contributed by atoms with E-state index in [0.717, 1.165) is 32.0 Å². The zero-order chi connectivity index (χ0) is 13.3. The molecule has 108 valence electrons. The Morgan fingerprint density at radius 1 is 1.00 bits per heavy atom. The van der Waals surface area contributed by atoms with Crippen molar-refractivity contribution in [2.75, 3.05) is 26.2 Å². The maximum Gasteiger partial charge on any atom is 0.389 e. The Morgan fingerprint density at radius 3 is 2.33 bits per heavy atom. The number of rotatable bonds is 8. The van der Waals surface area contributed by atoms with Crippen molar-refractivity contribution in [3.63, 3.8) is 0 Å². The van der Waals surface area contributed by atoms with Gasteiger partial charge in [0, 0.05) is 6.42 Å². The highest BCUT2D eigenvalue weighted by Gasteiger charge is 2.25. The maximum absolute atomic E-state index is 11.9. The molecule has 2 N–H and O–H groups in total. The predicted octanol–water partition coefficient (Wildman–Crippen LogP) is 3.09. The van der Waals surface area contributed by atoms with Crippen LogP contribution in [0, 0.1) is 5.92 Å². The molecule has 1 saturated heterocycles. The normalized spacial score (nSPS) is 18.2. The second-order valence-corrected chi connectivity index (χ2v) is 5.16. The first-order valence-corrected chi connectivity index (χ1v) is 7.06. The van der Waals surface area contributed by atoms with Gasteiger partial charge in [-0.3, -0.25) is 0 Å². The number of piperidine rings is 1. The first kappa shape index (κ1) is 15.8. The molecule has 2 nitrogen and oxygen atoms in total. The van der Waals surface area contributed by atoms with Gasteiger partial charge in [-0.2, -0.15) is 13.2 Å². The van der Waals surface area contributed by atoms with E-state index in [9.17, 15) is 13.2 Å². The third-order valence-electron chi connectivity index (χ3n) is 3.49. The van der Waals surface area contributed by atoms with Gasteiger partial charge in [0.15, 0.2) is 0 Å². The van der Waals surface area contributed by atoms with Crippen molar-refractivity contribution in [1.29, 1.82) is 0 Å². The zero-order valence-corrected chi connectivity index (χ0v) is 11.0. The van der Waals surface area contributed by atoms with Crippen LogP contribution in [0.2, 0.25) is 0 Å². The molecule has 0 aromatic heterocycles. The van der Waals surface area contributed by atoms with Crippen molar-refractivity contribution in [2.24, 2.45) is 5.92 Å². The standard InChI is InChI=1S/C13H25F3N2/c14-13(15,16)7-1-2-8-17-9-3-4-12-5-10-18-11-6-12/h12,17-18H,1-11H2. The molecule has 5 heteroatoms. The van der Waals surface area contributed by atoms with Crippen molar-refractivity contribution in [3.05, 3.63) is 0 Å². The topological polar surface area (TPSA) is 24.1 Å². The first-order chi connectivity index (χ1) is 8.58. The lowest BCUT2D eigenvalue weighted by molar-refractivity contribution is -0.135. The molecule has 0 spiro atoms. The summed E-state index contributed by atoms with van der Waals surface area (Å²) in [5.74, 6) is 0.846. The highest BCUT2D eigenvalue weighted by molar-refractivity contribution is 4.68. The average molecular weight is 266 g/mol. The zero-order valence-electron chi connectivity index (χ0n) is 11.0. The minimum atomic E-state index is -3.99. The predicted molar refractivity (Wildman–Crippen MR) is 67.6 cm³/mol. The van der Waals surface area contributed by atoms with E-state index in [4.69, 9.17) is 0 Å². The van der Waals surface area contributed by atoms with Gasteiger partial charge in [-0.15, -0.1) is 0 Å². The van der Waals surface area contributed by atoms with E-state index in [-0.39, 0.29) is 6.42 Å². The number of hydrogen-bond donors (Lipinski definition) is 2.